The van der Waals surface area contributed by atoms with Crippen molar-refractivity contribution in [2.45, 2.75) is 42.1 Å². The summed E-state index contributed by atoms with van der Waals surface area (Å²) in [4.78, 5) is 15.5. The molecule has 1 N–H and O–H groups in total. The fraction of sp³-hybridized carbons (Fsp3) is 0.370. The topological polar surface area (TPSA) is 68.2 Å². The highest BCUT2D eigenvalue weighted by molar-refractivity contribution is 5.88. The number of ether oxygens (including phenoxy) is 3. The van der Waals surface area contributed by atoms with Crippen molar-refractivity contribution in [3.8, 4) is 11.5 Å². The SMILES string of the molecule is COc1ccc2c3c1O[C@H]1[C@@H](O)C=C[C@@]4(OC(=O)/C=C/c5ccccc5)[C@@H](C2)N(C)CC[C@]314. The number of esters is 1. The van der Waals surface area contributed by atoms with Crippen LogP contribution >= 0.6 is 0 Å². The molecule has 0 amide bonds. The quantitative estimate of drug-likeness (QED) is 0.444. The van der Waals surface area contributed by atoms with Crippen LogP contribution in [0.3, 0.4) is 0 Å². The minimum atomic E-state index is -0.952. The highest BCUT2D eigenvalue weighted by atomic mass is 16.6. The third-order valence-electron chi connectivity index (χ3n) is 7.93. The summed E-state index contributed by atoms with van der Waals surface area (Å²) in [7, 11) is 3.70. The van der Waals surface area contributed by atoms with Gasteiger partial charge in [0.25, 0.3) is 0 Å². The lowest BCUT2D eigenvalue weighted by Crippen LogP contribution is -2.76. The smallest absolute Gasteiger partial charge is 0.331 e. The Bertz CT molecular complexity index is 1170. The summed E-state index contributed by atoms with van der Waals surface area (Å²) in [6.45, 7) is 0.820. The van der Waals surface area contributed by atoms with Gasteiger partial charge in [0.2, 0.25) is 0 Å². The van der Waals surface area contributed by atoms with Crippen molar-refractivity contribution in [2.75, 3.05) is 20.7 Å². The molecule has 2 bridgehead atoms. The molecule has 170 valence electrons. The zero-order valence-electron chi connectivity index (χ0n) is 18.7. The molecule has 1 fully saturated rings. The van der Waals surface area contributed by atoms with Gasteiger partial charge in [0.05, 0.1) is 18.6 Å². The minimum absolute atomic E-state index is 0.0676. The average molecular weight is 446 g/mol. The lowest BCUT2D eigenvalue weighted by Gasteiger charge is -2.62. The van der Waals surface area contributed by atoms with E-state index in [2.05, 4.69) is 18.0 Å². The van der Waals surface area contributed by atoms with Crippen LogP contribution in [0.4, 0.5) is 0 Å². The standard InChI is InChI=1S/C27H27NO5/c1-28-15-14-26-23-18-9-10-20(31-2)24(23)32-25(26)19(29)12-13-27(26,21(28)16-18)33-22(30)11-8-17-6-4-3-5-7-17/h3-13,19,21,25,29H,14-16H2,1-2H3/b11-8+/t19-,21+,25-,26-,27+/m0/s1. The number of carbonyl (C=O) groups excluding carboxylic acids is 1. The van der Waals surface area contributed by atoms with Gasteiger partial charge in [-0.3, -0.25) is 4.90 Å². The monoisotopic (exact) mass is 445 g/mol. The van der Waals surface area contributed by atoms with Crippen LogP contribution in [-0.2, 0) is 21.4 Å². The first-order valence-electron chi connectivity index (χ1n) is 11.4. The van der Waals surface area contributed by atoms with Crippen molar-refractivity contribution in [3.05, 3.63) is 77.4 Å². The molecule has 1 spiro atoms. The molecule has 6 heteroatoms. The zero-order chi connectivity index (χ0) is 22.8. The van der Waals surface area contributed by atoms with Crippen molar-refractivity contribution in [2.24, 2.45) is 0 Å². The summed E-state index contributed by atoms with van der Waals surface area (Å²) in [6, 6.07) is 13.6. The highest BCUT2D eigenvalue weighted by Gasteiger charge is 2.73. The summed E-state index contributed by atoms with van der Waals surface area (Å²) in [6.07, 6.45) is 6.98. The third-order valence-corrected chi connectivity index (χ3v) is 7.93. The van der Waals surface area contributed by atoms with Crippen LogP contribution in [0.15, 0.2) is 60.7 Å². The molecule has 2 aliphatic carbocycles. The van der Waals surface area contributed by atoms with Gasteiger partial charge in [-0.1, -0.05) is 42.5 Å². The van der Waals surface area contributed by atoms with Crippen molar-refractivity contribution in [1.29, 1.82) is 0 Å². The normalized spacial score (nSPS) is 33.5. The molecule has 6 nitrogen and oxygen atoms in total. The van der Waals surface area contributed by atoms with Crippen molar-refractivity contribution >= 4 is 12.0 Å². The fourth-order valence-corrected chi connectivity index (χ4v) is 6.53. The molecule has 1 saturated heterocycles. The molecule has 5 atom stereocenters. The summed E-state index contributed by atoms with van der Waals surface area (Å²) < 4.78 is 18.5. The van der Waals surface area contributed by atoms with Gasteiger partial charge in [-0.25, -0.2) is 4.79 Å². The number of methoxy groups -OCH3 is 1. The molecule has 4 aliphatic rings. The Morgan fingerprint density at radius 2 is 2.06 bits per heavy atom. The van der Waals surface area contributed by atoms with E-state index in [9.17, 15) is 9.90 Å². The number of likely N-dealkylation sites (N-methyl/N-ethyl adjacent to an activating group) is 1. The van der Waals surface area contributed by atoms with E-state index in [1.54, 1.807) is 19.3 Å². The first-order valence-corrected chi connectivity index (χ1v) is 11.4. The van der Waals surface area contributed by atoms with Crippen LogP contribution < -0.4 is 9.47 Å². The second kappa shape index (κ2) is 7.20. The average Bonchev–Trinajstić information content (AvgIpc) is 3.19. The van der Waals surface area contributed by atoms with Crippen LogP contribution in [0.2, 0.25) is 0 Å². The number of aliphatic hydroxyl groups is 1. The van der Waals surface area contributed by atoms with E-state index in [1.165, 1.54) is 11.6 Å². The van der Waals surface area contributed by atoms with E-state index in [0.717, 1.165) is 24.1 Å². The number of benzene rings is 2. The van der Waals surface area contributed by atoms with Gasteiger partial charge in [0.1, 0.15) is 12.2 Å². The number of piperidine rings is 1. The molecule has 0 unspecified atom stereocenters. The van der Waals surface area contributed by atoms with Crippen LogP contribution in [0.5, 0.6) is 11.5 Å². The molecule has 2 aromatic rings. The number of rotatable bonds is 4. The fourth-order valence-electron chi connectivity index (χ4n) is 6.53. The van der Waals surface area contributed by atoms with Gasteiger partial charge in [0, 0.05) is 11.6 Å². The van der Waals surface area contributed by atoms with Crippen molar-refractivity contribution in [3.63, 3.8) is 0 Å². The van der Waals surface area contributed by atoms with Crippen molar-refractivity contribution in [1.82, 2.24) is 4.90 Å². The predicted octanol–water partition coefficient (Wildman–Crippen LogP) is 2.88. The molecular formula is C27H27NO5. The second-order valence-electron chi connectivity index (χ2n) is 9.40. The molecule has 0 radical (unpaired) electrons. The lowest BCUT2D eigenvalue weighted by molar-refractivity contribution is -0.190. The summed E-state index contributed by atoms with van der Waals surface area (Å²) in [5.74, 6) is 0.912. The number of nitrogens with zero attached hydrogens (tertiary/aromatic N) is 1. The maximum Gasteiger partial charge on any atom is 0.331 e. The van der Waals surface area contributed by atoms with Gasteiger partial charge in [-0.15, -0.1) is 0 Å². The van der Waals surface area contributed by atoms with E-state index >= 15 is 0 Å². The Labute approximate surface area is 193 Å². The molecule has 2 heterocycles. The number of hydrogen-bond acceptors (Lipinski definition) is 6. The largest absolute Gasteiger partial charge is 0.493 e. The predicted molar refractivity (Wildman–Crippen MR) is 123 cm³/mol. The molecule has 0 aromatic heterocycles. The number of hydrogen-bond donors (Lipinski definition) is 1. The Morgan fingerprint density at radius 1 is 1.24 bits per heavy atom. The maximum absolute atomic E-state index is 13.2. The van der Waals surface area contributed by atoms with Gasteiger partial charge in [-0.05, 0) is 55.8 Å². The van der Waals surface area contributed by atoms with Crippen LogP contribution in [-0.4, -0.2) is 60.5 Å². The van der Waals surface area contributed by atoms with Gasteiger partial charge in [-0.2, -0.15) is 0 Å². The van der Waals surface area contributed by atoms with Gasteiger partial charge in [0.15, 0.2) is 17.1 Å². The van der Waals surface area contributed by atoms with Crippen molar-refractivity contribution < 1.29 is 24.1 Å². The highest BCUT2D eigenvalue weighted by Crippen LogP contribution is 2.65. The lowest BCUT2D eigenvalue weighted by atomic mass is 9.50. The van der Waals surface area contributed by atoms with Crippen LogP contribution in [0.1, 0.15) is 23.1 Å². The van der Waals surface area contributed by atoms with E-state index in [1.807, 2.05) is 42.5 Å². The third kappa shape index (κ3) is 2.65. The Kier molecular flexibility index (Phi) is 4.48. The van der Waals surface area contributed by atoms with E-state index in [-0.39, 0.29) is 6.04 Å². The molecule has 0 saturated carbocycles. The number of likely N-dealkylation sites (tertiary alicyclic amines) is 1. The molecule has 6 rings (SSSR count). The summed E-state index contributed by atoms with van der Waals surface area (Å²) in [5.41, 5.74) is 1.50. The van der Waals surface area contributed by atoms with Crippen LogP contribution in [0.25, 0.3) is 6.08 Å². The van der Waals surface area contributed by atoms with E-state index < -0.39 is 29.2 Å². The Morgan fingerprint density at radius 3 is 2.85 bits per heavy atom. The zero-order valence-corrected chi connectivity index (χ0v) is 18.7. The van der Waals surface area contributed by atoms with E-state index in [0.29, 0.717) is 17.9 Å². The Balaban J connectivity index is 1.50. The molecule has 2 aliphatic heterocycles. The molecule has 33 heavy (non-hydrogen) atoms. The van der Waals surface area contributed by atoms with Gasteiger partial charge < -0.3 is 19.3 Å². The second-order valence-corrected chi connectivity index (χ2v) is 9.40. The Hall–Kier alpha value is -3.09. The van der Waals surface area contributed by atoms with Gasteiger partial charge >= 0.3 is 5.97 Å². The summed E-state index contributed by atoms with van der Waals surface area (Å²) >= 11 is 0. The summed E-state index contributed by atoms with van der Waals surface area (Å²) in [5, 5.41) is 11.0. The first kappa shape index (κ1) is 20.5. The maximum atomic E-state index is 13.2. The number of aliphatic hydroxyl groups excluding tert-OH is 1. The number of carbonyl (C=O) groups is 1. The first-order chi connectivity index (χ1) is 16.0. The minimum Gasteiger partial charge on any atom is -0.493 e. The van der Waals surface area contributed by atoms with E-state index in [4.69, 9.17) is 14.2 Å². The van der Waals surface area contributed by atoms with Crippen LogP contribution in [0, 0.1) is 0 Å². The molecular weight excluding hydrogens is 418 g/mol. The molecule has 2 aromatic carbocycles.